The van der Waals surface area contributed by atoms with Crippen molar-refractivity contribution in [2.24, 2.45) is 5.92 Å². The Morgan fingerprint density at radius 3 is 2.41 bits per heavy atom. The van der Waals surface area contributed by atoms with E-state index in [2.05, 4.69) is 43.0 Å². The molecule has 1 saturated heterocycles. The van der Waals surface area contributed by atoms with Crippen molar-refractivity contribution < 1.29 is 0 Å². The molecule has 0 bridgehead atoms. The van der Waals surface area contributed by atoms with Gasteiger partial charge in [-0.25, -0.2) is 0 Å². The van der Waals surface area contributed by atoms with Gasteiger partial charge in [0.05, 0.1) is 0 Å². The number of hydrogen-bond donors (Lipinski definition) is 1. The highest BCUT2D eigenvalue weighted by atomic mass is 15.2. The van der Waals surface area contributed by atoms with Crippen molar-refractivity contribution in [1.29, 1.82) is 0 Å². The summed E-state index contributed by atoms with van der Waals surface area (Å²) in [5.41, 5.74) is 7.89. The summed E-state index contributed by atoms with van der Waals surface area (Å²) in [6, 6.07) is 8.91. The smallest absolute Gasteiger partial charge is 0.0314 e. The molecule has 3 heteroatoms. The molecule has 0 aliphatic carbocycles. The number of hydrogen-bond acceptors (Lipinski definition) is 3. The second-order valence-electron chi connectivity index (χ2n) is 5.44. The fourth-order valence-electron chi connectivity index (χ4n) is 2.73. The lowest BCUT2D eigenvalue weighted by molar-refractivity contribution is 0.250. The molecule has 0 saturated carbocycles. The highest BCUT2D eigenvalue weighted by Crippen LogP contribution is 2.21. The van der Waals surface area contributed by atoms with E-state index in [0.29, 0.717) is 6.04 Å². The summed E-state index contributed by atoms with van der Waals surface area (Å²) < 4.78 is 0. The van der Waals surface area contributed by atoms with Crippen LogP contribution in [0.25, 0.3) is 0 Å². The van der Waals surface area contributed by atoms with E-state index in [1.54, 1.807) is 0 Å². The predicted octanol–water partition coefficient (Wildman–Crippen LogP) is 1.65. The maximum atomic E-state index is 5.70. The topological polar surface area (TPSA) is 32.5 Å². The van der Waals surface area contributed by atoms with Crippen LogP contribution in [0.5, 0.6) is 0 Å². The summed E-state index contributed by atoms with van der Waals surface area (Å²) >= 11 is 0. The number of anilines is 1. The molecule has 1 aromatic carbocycles. The minimum absolute atomic E-state index is 0.684. The number of benzene rings is 1. The Kier molecular flexibility index (Phi) is 3.69. The van der Waals surface area contributed by atoms with Gasteiger partial charge in [0, 0.05) is 31.4 Å². The van der Waals surface area contributed by atoms with Crippen molar-refractivity contribution in [3.8, 4) is 0 Å². The first kappa shape index (κ1) is 12.4. The molecule has 2 unspecified atom stereocenters. The van der Waals surface area contributed by atoms with Crippen LogP contribution >= 0.6 is 0 Å². The zero-order chi connectivity index (χ0) is 12.4. The second kappa shape index (κ2) is 5.07. The SMILES string of the molecule is CC1CN(Cc2ccc(N)cc2)CC1N(C)C. The minimum Gasteiger partial charge on any atom is -0.399 e. The third-order valence-electron chi connectivity index (χ3n) is 3.70. The maximum absolute atomic E-state index is 5.70. The van der Waals surface area contributed by atoms with Crippen LogP contribution in [-0.4, -0.2) is 43.0 Å². The molecule has 17 heavy (non-hydrogen) atoms. The molecule has 1 fully saturated rings. The van der Waals surface area contributed by atoms with Crippen LogP contribution in [0.1, 0.15) is 12.5 Å². The van der Waals surface area contributed by atoms with E-state index in [9.17, 15) is 0 Å². The Bertz CT molecular complexity index is 358. The van der Waals surface area contributed by atoms with E-state index in [4.69, 9.17) is 5.73 Å². The lowest BCUT2D eigenvalue weighted by atomic mass is 10.1. The Balaban J connectivity index is 1.95. The molecule has 0 radical (unpaired) electrons. The average Bonchev–Trinajstić information content (AvgIpc) is 2.63. The normalized spacial score (nSPS) is 25.6. The monoisotopic (exact) mass is 233 g/mol. The third kappa shape index (κ3) is 2.99. The first-order valence-corrected chi connectivity index (χ1v) is 6.29. The number of nitrogens with two attached hydrogens (primary N) is 1. The molecule has 3 nitrogen and oxygen atoms in total. The Labute approximate surface area is 104 Å². The van der Waals surface area contributed by atoms with Crippen LogP contribution in [0.4, 0.5) is 5.69 Å². The largest absolute Gasteiger partial charge is 0.399 e. The molecule has 2 atom stereocenters. The predicted molar refractivity (Wildman–Crippen MR) is 72.8 cm³/mol. The molecule has 1 aromatic rings. The van der Waals surface area contributed by atoms with Gasteiger partial charge in [0.1, 0.15) is 0 Å². The number of nitrogens with zero attached hydrogens (tertiary/aromatic N) is 2. The maximum Gasteiger partial charge on any atom is 0.0314 e. The van der Waals surface area contributed by atoms with Gasteiger partial charge >= 0.3 is 0 Å². The van der Waals surface area contributed by atoms with Gasteiger partial charge in [-0.3, -0.25) is 4.90 Å². The van der Waals surface area contributed by atoms with Crippen molar-refractivity contribution in [1.82, 2.24) is 9.80 Å². The quantitative estimate of drug-likeness (QED) is 0.806. The summed E-state index contributed by atoms with van der Waals surface area (Å²) in [6.45, 7) is 5.73. The lowest BCUT2D eigenvalue weighted by Gasteiger charge is -2.22. The van der Waals surface area contributed by atoms with Crippen molar-refractivity contribution in [3.63, 3.8) is 0 Å². The van der Waals surface area contributed by atoms with Gasteiger partial charge in [0.2, 0.25) is 0 Å². The zero-order valence-electron chi connectivity index (χ0n) is 11.1. The Hall–Kier alpha value is -1.06. The Morgan fingerprint density at radius 2 is 1.88 bits per heavy atom. The first-order chi connectivity index (χ1) is 8.06. The summed E-state index contributed by atoms with van der Waals surface area (Å²) in [5, 5.41) is 0. The van der Waals surface area contributed by atoms with Crippen molar-refractivity contribution in [2.75, 3.05) is 32.9 Å². The second-order valence-corrected chi connectivity index (χ2v) is 5.44. The van der Waals surface area contributed by atoms with Gasteiger partial charge in [-0.1, -0.05) is 19.1 Å². The van der Waals surface area contributed by atoms with Crippen LogP contribution < -0.4 is 5.73 Å². The molecule has 2 N–H and O–H groups in total. The average molecular weight is 233 g/mol. The van der Waals surface area contributed by atoms with E-state index in [1.807, 2.05) is 12.1 Å². The van der Waals surface area contributed by atoms with Gasteiger partial charge in [-0.2, -0.15) is 0 Å². The van der Waals surface area contributed by atoms with Crippen LogP contribution in [0, 0.1) is 5.92 Å². The summed E-state index contributed by atoms with van der Waals surface area (Å²) in [4.78, 5) is 4.87. The van der Waals surface area contributed by atoms with E-state index in [-0.39, 0.29) is 0 Å². The van der Waals surface area contributed by atoms with Crippen LogP contribution in [0.15, 0.2) is 24.3 Å². The van der Waals surface area contributed by atoms with Gasteiger partial charge in [0.25, 0.3) is 0 Å². The number of likely N-dealkylation sites (N-methyl/N-ethyl adjacent to an activating group) is 1. The molecule has 1 heterocycles. The highest BCUT2D eigenvalue weighted by Gasteiger charge is 2.30. The number of likely N-dealkylation sites (tertiary alicyclic amines) is 1. The van der Waals surface area contributed by atoms with Crippen LogP contribution in [0.3, 0.4) is 0 Å². The summed E-state index contributed by atoms with van der Waals surface area (Å²) in [7, 11) is 4.35. The third-order valence-corrected chi connectivity index (χ3v) is 3.70. The van der Waals surface area contributed by atoms with E-state index in [0.717, 1.165) is 18.2 Å². The van der Waals surface area contributed by atoms with E-state index in [1.165, 1.54) is 18.7 Å². The van der Waals surface area contributed by atoms with Gasteiger partial charge in [-0.05, 0) is 37.7 Å². The van der Waals surface area contributed by atoms with E-state index < -0.39 is 0 Å². The molecule has 94 valence electrons. The standard InChI is InChI=1S/C14H23N3/c1-11-8-17(10-14(11)16(2)3)9-12-4-6-13(15)7-5-12/h4-7,11,14H,8-10,15H2,1-3H3. The summed E-state index contributed by atoms with van der Waals surface area (Å²) in [5.74, 6) is 0.749. The molecule has 0 spiro atoms. The van der Waals surface area contributed by atoms with Crippen LogP contribution in [-0.2, 0) is 6.54 Å². The number of nitrogen functional groups attached to an aromatic ring is 1. The first-order valence-electron chi connectivity index (χ1n) is 6.29. The summed E-state index contributed by atoms with van der Waals surface area (Å²) in [6.07, 6.45) is 0. The fourth-order valence-corrected chi connectivity index (χ4v) is 2.73. The molecule has 0 amide bonds. The number of rotatable bonds is 3. The van der Waals surface area contributed by atoms with Gasteiger partial charge in [-0.15, -0.1) is 0 Å². The molecule has 2 rings (SSSR count). The van der Waals surface area contributed by atoms with E-state index >= 15 is 0 Å². The molecular formula is C14H23N3. The van der Waals surface area contributed by atoms with Crippen molar-refractivity contribution in [2.45, 2.75) is 19.5 Å². The fraction of sp³-hybridized carbons (Fsp3) is 0.571. The Morgan fingerprint density at radius 1 is 1.24 bits per heavy atom. The van der Waals surface area contributed by atoms with Gasteiger partial charge < -0.3 is 10.6 Å². The molecular weight excluding hydrogens is 210 g/mol. The lowest BCUT2D eigenvalue weighted by Crippen LogP contribution is -2.34. The zero-order valence-corrected chi connectivity index (χ0v) is 11.1. The molecule has 0 aromatic heterocycles. The molecule has 1 aliphatic heterocycles. The minimum atomic E-state index is 0.684. The van der Waals surface area contributed by atoms with Crippen molar-refractivity contribution in [3.05, 3.63) is 29.8 Å². The van der Waals surface area contributed by atoms with Gasteiger partial charge in [0.15, 0.2) is 0 Å². The van der Waals surface area contributed by atoms with Crippen LogP contribution in [0.2, 0.25) is 0 Å². The highest BCUT2D eigenvalue weighted by molar-refractivity contribution is 5.39. The molecule has 1 aliphatic rings. The van der Waals surface area contributed by atoms with Crippen molar-refractivity contribution >= 4 is 5.69 Å².